The molecule has 1 fully saturated rings. The van der Waals surface area contributed by atoms with Gasteiger partial charge in [-0.3, -0.25) is 9.78 Å². The maximum Gasteiger partial charge on any atom is 0.226 e. The summed E-state index contributed by atoms with van der Waals surface area (Å²) in [5.74, 6) is 1.24. The largest absolute Gasteiger partial charge is 0.496 e. The van der Waals surface area contributed by atoms with Crippen LogP contribution in [0.2, 0.25) is 5.02 Å². The van der Waals surface area contributed by atoms with Crippen LogP contribution in [0.5, 0.6) is 5.75 Å². The Labute approximate surface area is 141 Å². The van der Waals surface area contributed by atoms with E-state index in [2.05, 4.69) is 4.98 Å². The van der Waals surface area contributed by atoms with Crippen LogP contribution in [0.4, 0.5) is 0 Å². The molecular formula is C18H19ClN2O2. The predicted octanol–water partition coefficient (Wildman–Crippen LogP) is 3.51. The Morgan fingerprint density at radius 3 is 2.96 bits per heavy atom. The first-order valence-corrected chi connectivity index (χ1v) is 7.95. The Hall–Kier alpha value is -2.07. The zero-order chi connectivity index (χ0) is 16.4. The Kier molecular flexibility index (Phi) is 4.53. The molecule has 1 saturated carbocycles. The third kappa shape index (κ3) is 3.48. The Balaban J connectivity index is 1.66. The van der Waals surface area contributed by atoms with Gasteiger partial charge in [-0.2, -0.15) is 0 Å². The third-order valence-electron chi connectivity index (χ3n) is 4.25. The molecule has 0 radical (unpaired) electrons. The van der Waals surface area contributed by atoms with E-state index in [1.807, 2.05) is 37.5 Å². The van der Waals surface area contributed by atoms with Crippen molar-refractivity contribution >= 4 is 17.5 Å². The van der Waals surface area contributed by atoms with Gasteiger partial charge in [-0.25, -0.2) is 0 Å². The molecule has 4 nitrogen and oxygen atoms in total. The predicted molar refractivity (Wildman–Crippen MR) is 89.6 cm³/mol. The molecule has 5 heteroatoms. The Bertz CT molecular complexity index is 705. The van der Waals surface area contributed by atoms with E-state index >= 15 is 0 Å². The average molecular weight is 331 g/mol. The molecule has 23 heavy (non-hydrogen) atoms. The minimum Gasteiger partial charge on any atom is -0.496 e. The molecule has 120 valence electrons. The number of carbonyl (C=O) groups is 1. The molecule has 1 amide bonds. The number of hydrogen-bond acceptors (Lipinski definition) is 3. The second kappa shape index (κ2) is 6.59. The molecule has 1 aliphatic carbocycles. The van der Waals surface area contributed by atoms with Crippen LogP contribution in [0, 0.1) is 5.92 Å². The standard InChI is InChI=1S/C18H19ClN2O2/c1-21(11-13-8-14(19)5-6-17(13)23-2)18(22)16-9-15(16)12-4-3-7-20-10-12/h3-8,10,15-16H,9,11H2,1-2H3/t15-,16+/m0/s1. The van der Waals surface area contributed by atoms with E-state index in [0.29, 0.717) is 17.5 Å². The van der Waals surface area contributed by atoms with E-state index in [9.17, 15) is 4.79 Å². The lowest BCUT2D eigenvalue weighted by Crippen LogP contribution is -2.28. The van der Waals surface area contributed by atoms with Crippen molar-refractivity contribution in [3.05, 3.63) is 58.9 Å². The van der Waals surface area contributed by atoms with Crippen molar-refractivity contribution in [3.8, 4) is 5.75 Å². The zero-order valence-electron chi connectivity index (χ0n) is 13.2. The number of aromatic nitrogens is 1. The molecule has 0 bridgehead atoms. The smallest absolute Gasteiger partial charge is 0.226 e. The number of rotatable bonds is 5. The van der Waals surface area contributed by atoms with Crippen molar-refractivity contribution in [2.45, 2.75) is 18.9 Å². The van der Waals surface area contributed by atoms with Gasteiger partial charge in [-0.15, -0.1) is 0 Å². The highest BCUT2D eigenvalue weighted by molar-refractivity contribution is 6.30. The summed E-state index contributed by atoms with van der Waals surface area (Å²) in [6.45, 7) is 0.485. The first kappa shape index (κ1) is 15.8. The van der Waals surface area contributed by atoms with Crippen LogP contribution >= 0.6 is 11.6 Å². The van der Waals surface area contributed by atoms with Gasteiger partial charge in [-0.1, -0.05) is 17.7 Å². The van der Waals surface area contributed by atoms with Crippen LogP contribution in [0.3, 0.4) is 0 Å². The summed E-state index contributed by atoms with van der Waals surface area (Å²) < 4.78 is 5.34. The molecule has 1 aliphatic rings. The molecule has 2 aromatic rings. The maximum absolute atomic E-state index is 12.6. The molecule has 0 aliphatic heterocycles. The second-order valence-electron chi connectivity index (χ2n) is 5.89. The van der Waals surface area contributed by atoms with E-state index in [0.717, 1.165) is 23.3 Å². The fourth-order valence-corrected chi connectivity index (χ4v) is 3.11. The molecule has 1 heterocycles. The molecule has 0 saturated heterocycles. The minimum atomic E-state index is 0.0504. The molecule has 1 aromatic heterocycles. The SMILES string of the molecule is COc1ccc(Cl)cc1CN(C)C(=O)[C@@H]1C[C@H]1c1cccnc1. The van der Waals surface area contributed by atoms with Crippen molar-refractivity contribution in [2.75, 3.05) is 14.2 Å². The summed E-state index contributed by atoms with van der Waals surface area (Å²) in [5.41, 5.74) is 2.05. The molecule has 0 unspecified atom stereocenters. The van der Waals surface area contributed by atoms with E-state index in [4.69, 9.17) is 16.3 Å². The number of ether oxygens (including phenoxy) is 1. The number of carbonyl (C=O) groups excluding carboxylic acids is 1. The Morgan fingerprint density at radius 1 is 1.43 bits per heavy atom. The van der Waals surface area contributed by atoms with Crippen molar-refractivity contribution in [1.82, 2.24) is 9.88 Å². The second-order valence-corrected chi connectivity index (χ2v) is 6.32. The van der Waals surface area contributed by atoms with Gasteiger partial charge >= 0.3 is 0 Å². The van der Waals surface area contributed by atoms with Gasteiger partial charge in [0.05, 0.1) is 7.11 Å². The Morgan fingerprint density at radius 2 is 2.26 bits per heavy atom. The number of benzene rings is 1. The topological polar surface area (TPSA) is 42.4 Å². The average Bonchev–Trinajstić information content (AvgIpc) is 3.36. The van der Waals surface area contributed by atoms with Crippen LogP contribution in [-0.4, -0.2) is 29.9 Å². The molecule has 3 rings (SSSR count). The van der Waals surface area contributed by atoms with Crippen LogP contribution in [0.15, 0.2) is 42.7 Å². The maximum atomic E-state index is 12.6. The first-order valence-electron chi connectivity index (χ1n) is 7.57. The first-order chi connectivity index (χ1) is 11.1. The summed E-state index contributed by atoms with van der Waals surface area (Å²) in [7, 11) is 3.44. The minimum absolute atomic E-state index is 0.0504. The van der Waals surface area contributed by atoms with Crippen molar-refractivity contribution in [2.24, 2.45) is 5.92 Å². The molecule has 2 atom stereocenters. The van der Waals surface area contributed by atoms with Gasteiger partial charge in [0.1, 0.15) is 5.75 Å². The number of methoxy groups -OCH3 is 1. The fraction of sp³-hybridized carbons (Fsp3) is 0.333. The number of nitrogens with zero attached hydrogens (tertiary/aromatic N) is 2. The quantitative estimate of drug-likeness (QED) is 0.842. The van der Waals surface area contributed by atoms with Crippen LogP contribution in [0.25, 0.3) is 0 Å². The summed E-state index contributed by atoms with van der Waals surface area (Å²) in [5, 5.41) is 0.640. The highest BCUT2D eigenvalue weighted by Crippen LogP contribution is 2.48. The molecule has 1 aromatic carbocycles. The van der Waals surface area contributed by atoms with Crippen molar-refractivity contribution in [3.63, 3.8) is 0 Å². The van der Waals surface area contributed by atoms with Crippen LogP contribution in [-0.2, 0) is 11.3 Å². The van der Waals surface area contributed by atoms with Crippen molar-refractivity contribution < 1.29 is 9.53 Å². The lowest BCUT2D eigenvalue weighted by molar-refractivity contribution is -0.131. The van der Waals surface area contributed by atoms with E-state index in [-0.39, 0.29) is 11.8 Å². The fourth-order valence-electron chi connectivity index (χ4n) is 2.92. The lowest BCUT2D eigenvalue weighted by atomic mass is 10.1. The summed E-state index contributed by atoms with van der Waals surface area (Å²) in [6.07, 6.45) is 4.49. The van der Waals surface area contributed by atoms with E-state index in [1.54, 1.807) is 24.3 Å². The number of hydrogen-bond donors (Lipinski definition) is 0. The summed E-state index contributed by atoms with van der Waals surface area (Å²) >= 11 is 6.05. The van der Waals surface area contributed by atoms with Crippen molar-refractivity contribution in [1.29, 1.82) is 0 Å². The van der Waals surface area contributed by atoms with E-state index < -0.39 is 0 Å². The normalized spacial score (nSPS) is 19.3. The van der Waals surface area contributed by atoms with Crippen LogP contribution < -0.4 is 4.74 Å². The summed E-state index contributed by atoms with van der Waals surface area (Å²) in [4.78, 5) is 18.5. The van der Waals surface area contributed by atoms with E-state index in [1.165, 1.54) is 0 Å². The number of pyridine rings is 1. The van der Waals surface area contributed by atoms with Gasteiger partial charge in [0, 0.05) is 42.5 Å². The zero-order valence-corrected chi connectivity index (χ0v) is 14.0. The highest BCUT2D eigenvalue weighted by atomic mass is 35.5. The van der Waals surface area contributed by atoms with Gasteiger partial charge in [-0.05, 0) is 42.2 Å². The van der Waals surface area contributed by atoms with Gasteiger partial charge in [0.2, 0.25) is 5.91 Å². The highest BCUT2D eigenvalue weighted by Gasteiger charge is 2.45. The molecule has 0 N–H and O–H groups in total. The third-order valence-corrected chi connectivity index (χ3v) is 4.48. The molecular weight excluding hydrogens is 312 g/mol. The monoisotopic (exact) mass is 330 g/mol. The number of halogens is 1. The molecule has 0 spiro atoms. The van der Waals surface area contributed by atoms with Gasteiger partial charge in [0.25, 0.3) is 0 Å². The summed E-state index contributed by atoms with van der Waals surface area (Å²) in [6, 6.07) is 9.40. The lowest BCUT2D eigenvalue weighted by Gasteiger charge is -2.19. The number of amides is 1. The van der Waals surface area contributed by atoms with Gasteiger partial charge in [0.15, 0.2) is 0 Å². The van der Waals surface area contributed by atoms with Crippen LogP contribution in [0.1, 0.15) is 23.5 Å². The van der Waals surface area contributed by atoms with Gasteiger partial charge < -0.3 is 9.64 Å².